The molecule has 0 saturated heterocycles. The summed E-state index contributed by atoms with van der Waals surface area (Å²) in [7, 11) is 0. The first-order chi connectivity index (χ1) is 5.72. The fourth-order valence-corrected chi connectivity index (χ4v) is 1.00. The third-order valence-electron chi connectivity index (χ3n) is 1.83. The maximum Gasteiger partial charge on any atom is 0.407 e. The van der Waals surface area contributed by atoms with Gasteiger partial charge in [-0.3, -0.25) is 0 Å². The molecule has 0 bridgehead atoms. The summed E-state index contributed by atoms with van der Waals surface area (Å²) in [5, 5.41) is 8.75. The van der Waals surface area contributed by atoms with Crippen molar-refractivity contribution in [3.05, 3.63) is 0 Å². The first kappa shape index (κ1) is 15.3. The smallest absolute Gasteiger partial charge is 0.407 e. The van der Waals surface area contributed by atoms with E-state index in [1.807, 2.05) is 0 Å². The molecule has 0 unspecified atom stereocenters. The zero-order chi connectivity index (χ0) is 9.40. The van der Waals surface area contributed by atoms with Gasteiger partial charge in [-0.05, 0) is 12.8 Å². The first-order valence-corrected chi connectivity index (χ1v) is 4.70. The van der Waals surface area contributed by atoms with Crippen molar-refractivity contribution in [1.82, 2.24) is 4.90 Å². The minimum atomic E-state index is -0.781. The van der Waals surface area contributed by atoms with E-state index < -0.39 is 6.09 Å². The van der Waals surface area contributed by atoms with Crippen molar-refractivity contribution < 1.29 is 27.0 Å². The van der Waals surface area contributed by atoms with Gasteiger partial charge in [-0.25, -0.2) is 4.79 Å². The van der Waals surface area contributed by atoms with E-state index in [2.05, 4.69) is 13.8 Å². The van der Waals surface area contributed by atoms with Crippen LogP contribution >= 0.6 is 0 Å². The van der Waals surface area contributed by atoms with Crippen LogP contribution in [0.3, 0.4) is 0 Å². The number of hydrogen-bond donors (Lipinski definition) is 1. The van der Waals surface area contributed by atoms with Gasteiger partial charge in [0, 0.05) is 30.2 Å². The van der Waals surface area contributed by atoms with Gasteiger partial charge in [-0.15, -0.1) is 0 Å². The largest absolute Gasteiger partial charge is 0.465 e. The molecule has 3 nitrogen and oxygen atoms in total. The fraction of sp³-hybridized carbons (Fsp3) is 0.889. The van der Waals surface area contributed by atoms with Gasteiger partial charge in [0.15, 0.2) is 0 Å². The van der Waals surface area contributed by atoms with Gasteiger partial charge >= 0.3 is 6.09 Å². The fourth-order valence-electron chi connectivity index (χ4n) is 1.00. The molecule has 0 saturated carbocycles. The quantitative estimate of drug-likeness (QED) is 0.721. The van der Waals surface area contributed by atoms with Gasteiger partial charge in [0.1, 0.15) is 0 Å². The van der Waals surface area contributed by atoms with Crippen molar-refractivity contribution in [3.8, 4) is 0 Å². The molecule has 0 aromatic heterocycles. The molecule has 1 amide bonds. The molecule has 1 N–H and O–H groups in total. The van der Waals surface area contributed by atoms with Crippen LogP contribution < -0.4 is 0 Å². The van der Waals surface area contributed by atoms with Crippen molar-refractivity contribution in [2.24, 2.45) is 0 Å². The van der Waals surface area contributed by atoms with E-state index in [9.17, 15) is 4.79 Å². The van der Waals surface area contributed by atoms with E-state index in [0.717, 1.165) is 25.7 Å². The topological polar surface area (TPSA) is 40.5 Å². The third-order valence-corrected chi connectivity index (χ3v) is 1.83. The Labute approximate surface area is 91.0 Å². The molecule has 0 fully saturated rings. The maximum absolute atomic E-state index is 10.6. The Morgan fingerprint density at radius 3 is 1.77 bits per heavy atom. The average Bonchev–Trinajstić information content (AvgIpc) is 2.04. The van der Waals surface area contributed by atoms with Gasteiger partial charge in [-0.1, -0.05) is 26.7 Å². The molecule has 13 heavy (non-hydrogen) atoms. The van der Waals surface area contributed by atoms with E-state index in [-0.39, 0.29) is 17.1 Å². The number of nitrogens with zero attached hydrogens (tertiary/aromatic N) is 1. The van der Waals surface area contributed by atoms with Crippen LogP contribution in [0, 0.1) is 0 Å². The zero-order valence-electron chi connectivity index (χ0n) is 8.35. The normalized spacial score (nSPS) is 9.08. The van der Waals surface area contributed by atoms with E-state index >= 15 is 0 Å². The molecule has 0 aliphatic carbocycles. The molecule has 0 aromatic rings. The van der Waals surface area contributed by atoms with Crippen LogP contribution in [0.2, 0.25) is 0 Å². The van der Waals surface area contributed by atoms with Crippen LogP contribution in [0.1, 0.15) is 39.5 Å². The van der Waals surface area contributed by atoms with E-state index in [0.29, 0.717) is 13.1 Å². The van der Waals surface area contributed by atoms with Gasteiger partial charge < -0.3 is 10.0 Å². The molecule has 0 heterocycles. The van der Waals surface area contributed by atoms with E-state index in [4.69, 9.17) is 5.11 Å². The summed E-state index contributed by atoms with van der Waals surface area (Å²) >= 11 is 0. The number of hydrogen-bond acceptors (Lipinski definition) is 1. The molecule has 0 rings (SSSR count). The standard InChI is InChI=1S/C9H19NO2.Cu/c1-3-5-7-10(9(11)12)8-6-4-2;/h3-8H2,1-2H3,(H,11,12);. The van der Waals surface area contributed by atoms with Gasteiger partial charge in [0.05, 0.1) is 0 Å². The van der Waals surface area contributed by atoms with Crippen LogP contribution in [0.25, 0.3) is 0 Å². The monoisotopic (exact) mass is 236 g/mol. The average molecular weight is 237 g/mol. The molecule has 0 aliphatic heterocycles. The Morgan fingerprint density at radius 2 is 1.54 bits per heavy atom. The number of carboxylic acid groups (broad SMARTS) is 1. The Morgan fingerprint density at radius 1 is 1.15 bits per heavy atom. The maximum atomic E-state index is 10.6. The van der Waals surface area contributed by atoms with Gasteiger partial charge in [0.2, 0.25) is 0 Å². The third kappa shape index (κ3) is 8.13. The van der Waals surface area contributed by atoms with Crippen LogP contribution in [0.4, 0.5) is 4.79 Å². The van der Waals surface area contributed by atoms with Crippen LogP contribution in [0.5, 0.6) is 0 Å². The van der Waals surface area contributed by atoms with Crippen LogP contribution in [-0.2, 0) is 17.1 Å². The summed E-state index contributed by atoms with van der Waals surface area (Å²) < 4.78 is 0. The summed E-state index contributed by atoms with van der Waals surface area (Å²) in [4.78, 5) is 12.1. The first-order valence-electron chi connectivity index (χ1n) is 4.70. The van der Waals surface area contributed by atoms with Crippen molar-refractivity contribution in [2.75, 3.05) is 13.1 Å². The molecule has 83 valence electrons. The Kier molecular flexibility index (Phi) is 11.6. The Hall–Kier alpha value is -0.211. The van der Waals surface area contributed by atoms with Gasteiger partial charge in [-0.2, -0.15) is 0 Å². The second-order valence-electron chi connectivity index (χ2n) is 2.98. The Bertz CT molecular complexity index is 123. The predicted molar refractivity (Wildman–Crippen MR) is 49.4 cm³/mol. The number of amides is 1. The van der Waals surface area contributed by atoms with Crippen molar-refractivity contribution in [2.45, 2.75) is 39.5 Å². The van der Waals surface area contributed by atoms with Crippen molar-refractivity contribution in [1.29, 1.82) is 0 Å². The summed E-state index contributed by atoms with van der Waals surface area (Å²) in [5.74, 6) is 0. The van der Waals surface area contributed by atoms with E-state index in [1.54, 1.807) is 0 Å². The summed E-state index contributed by atoms with van der Waals surface area (Å²) in [5.41, 5.74) is 0. The minimum absolute atomic E-state index is 0. The van der Waals surface area contributed by atoms with Crippen molar-refractivity contribution in [3.63, 3.8) is 0 Å². The molecule has 0 aromatic carbocycles. The van der Waals surface area contributed by atoms with Crippen LogP contribution in [-0.4, -0.2) is 29.2 Å². The second-order valence-corrected chi connectivity index (χ2v) is 2.98. The SMILES string of the molecule is CCCCN(CCCC)C(=O)O.[Cu]. The summed E-state index contributed by atoms with van der Waals surface area (Å²) in [6, 6.07) is 0. The van der Waals surface area contributed by atoms with E-state index in [1.165, 1.54) is 4.90 Å². The predicted octanol–water partition coefficient (Wildman–Crippen LogP) is 2.56. The molecule has 1 radical (unpaired) electrons. The zero-order valence-corrected chi connectivity index (χ0v) is 9.29. The van der Waals surface area contributed by atoms with Crippen LogP contribution in [0.15, 0.2) is 0 Å². The second kappa shape index (κ2) is 9.87. The van der Waals surface area contributed by atoms with Gasteiger partial charge in [0.25, 0.3) is 0 Å². The molecule has 4 heteroatoms. The molecule has 0 atom stereocenters. The Balaban J connectivity index is 0. The molecular formula is C9H19CuNO2. The summed E-state index contributed by atoms with van der Waals surface area (Å²) in [6.07, 6.45) is 3.26. The number of carbonyl (C=O) groups is 1. The van der Waals surface area contributed by atoms with Crippen molar-refractivity contribution >= 4 is 6.09 Å². The summed E-state index contributed by atoms with van der Waals surface area (Å²) in [6.45, 7) is 5.51. The number of rotatable bonds is 6. The minimum Gasteiger partial charge on any atom is -0.465 e. The molecule has 0 aliphatic rings. The number of unbranched alkanes of at least 4 members (excludes halogenated alkanes) is 2. The molecule has 0 spiro atoms. The molecular weight excluding hydrogens is 218 g/mol.